The normalized spacial score (nSPS) is 17.3. The molecule has 0 fully saturated rings. The van der Waals surface area contributed by atoms with Crippen molar-refractivity contribution in [2.45, 2.75) is 39.0 Å². The van der Waals surface area contributed by atoms with Gasteiger partial charge in [0.05, 0.1) is 18.4 Å². The maximum atomic E-state index is 12.5. The van der Waals surface area contributed by atoms with Crippen LogP contribution in [-0.4, -0.2) is 28.8 Å². The lowest BCUT2D eigenvalue weighted by molar-refractivity contribution is -0.119. The molecule has 1 aliphatic rings. The lowest BCUT2D eigenvalue weighted by atomic mass is 9.82. The number of ketones is 1. The minimum absolute atomic E-state index is 0.0341. The Morgan fingerprint density at radius 2 is 2.04 bits per heavy atom. The van der Waals surface area contributed by atoms with Crippen LogP contribution in [-0.2, 0) is 11.2 Å². The Labute approximate surface area is 153 Å². The van der Waals surface area contributed by atoms with Crippen LogP contribution in [0.5, 0.6) is 5.75 Å². The van der Waals surface area contributed by atoms with Crippen molar-refractivity contribution in [3.8, 4) is 5.75 Å². The molecule has 2 unspecified atom stereocenters. The number of benzene rings is 1. The summed E-state index contributed by atoms with van der Waals surface area (Å²) in [5.41, 5.74) is 2.32. The molecule has 1 heterocycles. The van der Waals surface area contributed by atoms with Gasteiger partial charge in [0.15, 0.2) is 5.78 Å². The first-order valence-electron chi connectivity index (χ1n) is 8.85. The number of rotatable bonds is 5. The van der Waals surface area contributed by atoms with Gasteiger partial charge in [-0.1, -0.05) is 26.0 Å². The van der Waals surface area contributed by atoms with Crippen LogP contribution in [0.1, 0.15) is 54.2 Å². The smallest absolute Gasteiger partial charge is 0.229 e. The summed E-state index contributed by atoms with van der Waals surface area (Å²) in [6.45, 7) is 3.81. The lowest BCUT2D eigenvalue weighted by Gasteiger charge is -2.23. The number of nitrogens with one attached hydrogen (secondary N) is 1. The molecule has 0 saturated carbocycles. The van der Waals surface area contributed by atoms with E-state index in [1.54, 1.807) is 7.11 Å². The van der Waals surface area contributed by atoms with Gasteiger partial charge in [0.25, 0.3) is 0 Å². The van der Waals surface area contributed by atoms with Crippen molar-refractivity contribution in [1.82, 2.24) is 9.97 Å². The van der Waals surface area contributed by atoms with E-state index in [0.29, 0.717) is 24.1 Å². The van der Waals surface area contributed by atoms with E-state index >= 15 is 0 Å². The number of anilines is 1. The Balaban J connectivity index is 1.82. The topological polar surface area (TPSA) is 81.2 Å². The first-order chi connectivity index (χ1) is 12.5. The van der Waals surface area contributed by atoms with E-state index in [2.05, 4.69) is 15.3 Å². The Morgan fingerprint density at radius 1 is 1.31 bits per heavy atom. The van der Waals surface area contributed by atoms with Crippen molar-refractivity contribution in [3.63, 3.8) is 0 Å². The molecule has 6 nitrogen and oxygen atoms in total. The van der Waals surface area contributed by atoms with E-state index < -0.39 is 0 Å². The Hall–Kier alpha value is -2.76. The third-order valence-electron chi connectivity index (χ3n) is 4.92. The van der Waals surface area contributed by atoms with Gasteiger partial charge in [0.2, 0.25) is 11.9 Å². The number of carbonyl (C=O) groups excluding carboxylic acids is 2. The predicted molar refractivity (Wildman–Crippen MR) is 98.5 cm³/mol. The second-order valence-corrected chi connectivity index (χ2v) is 6.65. The van der Waals surface area contributed by atoms with Gasteiger partial charge in [-0.2, -0.15) is 0 Å². The molecule has 0 aliphatic heterocycles. The van der Waals surface area contributed by atoms with Gasteiger partial charge in [-0.15, -0.1) is 0 Å². The van der Waals surface area contributed by atoms with E-state index in [4.69, 9.17) is 4.74 Å². The molecule has 136 valence electrons. The lowest BCUT2D eigenvalue weighted by Crippen LogP contribution is -2.24. The number of ether oxygens (including phenoxy) is 1. The summed E-state index contributed by atoms with van der Waals surface area (Å²) >= 11 is 0. The van der Waals surface area contributed by atoms with Crippen molar-refractivity contribution < 1.29 is 14.3 Å². The SMILES string of the molecule is CCC(C)C(=O)Nc1ncc2c(n1)CC(c1ccc(OC)cc1)CC2=O. The van der Waals surface area contributed by atoms with Gasteiger partial charge >= 0.3 is 0 Å². The number of nitrogens with zero attached hydrogens (tertiary/aromatic N) is 2. The third-order valence-corrected chi connectivity index (χ3v) is 4.92. The molecule has 1 N–H and O–H groups in total. The van der Waals surface area contributed by atoms with Crippen LogP contribution in [0.4, 0.5) is 5.95 Å². The van der Waals surface area contributed by atoms with E-state index in [0.717, 1.165) is 17.7 Å². The van der Waals surface area contributed by atoms with E-state index in [-0.39, 0.29) is 29.5 Å². The summed E-state index contributed by atoms with van der Waals surface area (Å²) < 4.78 is 5.19. The highest BCUT2D eigenvalue weighted by Gasteiger charge is 2.28. The number of methoxy groups -OCH3 is 1. The first kappa shape index (κ1) is 18.0. The number of amides is 1. The zero-order valence-corrected chi connectivity index (χ0v) is 15.3. The molecule has 2 atom stereocenters. The van der Waals surface area contributed by atoms with Crippen LogP contribution in [0.3, 0.4) is 0 Å². The summed E-state index contributed by atoms with van der Waals surface area (Å²) in [5.74, 6) is 0.927. The summed E-state index contributed by atoms with van der Waals surface area (Å²) in [7, 11) is 1.63. The van der Waals surface area contributed by atoms with Crippen LogP contribution in [0, 0.1) is 5.92 Å². The second-order valence-electron chi connectivity index (χ2n) is 6.65. The van der Waals surface area contributed by atoms with Crippen LogP contribution in [0.25, 0.3) is 0 Å². The van der Waals surface area contributed by atoms with Crippen molar-refractivity contribution >= 4 is 17.6 Å². The highest BCUT2D eigenvalue weighted by atomic mass is 16.5. The van der Waals surface area contributed by atoms with Gasteiger partial charge in [-0.25, -0.2) is 9.97 Å². The zero-order chi connectivity index (χ0) is 18.7. The molecule has 0 spiro atoms. The van der Waals surface area contributed by atoms with Gasteiger partial charge in [0.1, 0.15) is 5.75 Å². The molecule has 3 rings (SSSR count). The summed E-state index contributed by atoms with van der Waals surface area (Å²) in [6, 6.07) is 7.75. The molecular weight excluding hydrogens is 330 g/mol. The molecule has 1 aliphatic carbocycles. The first-order valence-corrected chi connectivity index (χ1v) is 8.85. The summed E-state index contributed by atoms with van der Waals surface area (Å²) in [5, 5.41) is 2.74. The van der Waals surface area contributed by atoms with Crippen molar-refractivity contribution in [1.29, 1.82) is 0 Å². The van der Waals surface area contributed by atoms with E-state index in [1.165, 1.54) is 6.20 Å². The predicted octanol–water partition coefficient (Wildman–Crippen LogP) is 3.38. The standard InChI is InChI=1S/C20H23N3O3/c1-4-12(2)19(25)23-20-21-11-16-17(22-20)9-14(10-18(16)24)13-5-7-15(26-3)8-6-13/h5-8,11-12,14H,4,9-10H2,1-3H3,(H,21,22,23,25). The van der Waals surface area contributed by atoms with Gasteiger partial charge in [0, 0.05) is 18.5 Å². The van der Waals surface area contributed by atoms with E-state index in [1.807, 2.05) is 38.1 Å². The fourth-order valence-corrected chi connectivity index (χ4v) is 3.04. The Morgan fingerprint density at radius 3 is 2.69 bits per heavy atom. The molecule has 0 saturated heterocycles. The number of hydrogen-bond donors (Lipinski definition) is 1. The number of aromatic nitrogens is 2. The molecule has 1 aromatic carbocycles. The summed E-state index contributed by atoms with van der Waals surface area (Å²) in [6.07, 6.45) is 3.35. The van der Waals surface area contributed by atoms with E-state index in [9.17, 15) is 9.59 Å². The monoisotopic (exact) mass is 353 g/mol. The molecule has 2 aromatic rings. The van der Waals surface area contributed by atoms with Crippen LogP contribution in [0.15, 0.2) is 30.5 Å². The minimum atomic E-state index is -0.110. The number of hydrogen-bond acceptors (Lipinski definition) is 5. The largest absolute Gasteiger partial charge is 0.497 e. The molecule has 1 amide bonds. The Kier molecular flexibility index (Phi) is 5.30. The van der Waals surface area contributed by atoms with Crippen molar-refractivity contribution in [2.24, 2.45) is 5.92 Å². The highest BCUT2D eigenvalue weighted by Crippen LogP contribution is 2.32. The van der Waals surface area contributed by atoms with Gasteiger partial charge in [-0.05, 0) is 36.5 Å². The van der Waals surface area contributed by atoms with Crippen molar-refractivity contribution in [2.75, 3.05) is 12.4 Å². The third kappa shape index (κ3) is 3.74. The number of Topliss-reactive ketones (excluding diaryl/α,β-unsaturated/α-hetero) is 1. The van der Waals surface area contributed by atoms with Crippen molar-refractivity contribution in [3.05, 3.63) is 47.3 Å². The quantitative estimate of drug-likeness (QED) is 0.891. The molecule has 26 heavy (non-hydrogen) atoms. The average molecular weight is 353 g/mol. The molecule has 6 heteroatoms. The average Bonchev–Trinajstić information content (AvgIpc) is 2.67. The van der Waals surface area contributed by atoms with Gasteiger partial charge in [-0.3, -0.25) is 14.9 Å². The molecule has 1 aromatic heterocycles. The maximum absolute atomic E-state index is 12.5. The molecule has 0 radical (unpaired) electrons. The second kappa shape index (κ2) is 7.64. The number of carbonyl (C=O) groups is 2. The Bertz CT molecular complexity index is 818. The fraction of sp³-hybridized carbons (Fsp3) is 0.400. The molecular formula is C20H23N3O3. The van der Waals surface area contributed by atoms with Gasteiger partial charge < -0.3 is 4.74 Å². The molecule has 0 bridgehead atoms. The van der Waals surface area contributed by atoms with Crippen LogP contribution in [0.2, 0.25) is 0 Å². The van der Waals surface area contributed by atoms with Crippen LogP contribution < -0.4 is 10.1 Å². The van der Waals surface area contributed by atoms with Crippen LogP contribution >= 0.6 is 0 Å². The summed E-state index contributed by atoms with van der Waals surface area (Å²) in [4.78, 5) is 33.1. The maximum Gasteiger partial charge on any atom is 0.229 e. The minimum Gasteiger partial charge on any atom is -0.497 e. The fourth-order valence-electron chi connectivity index (χ4n) is 3.04. The zero-order valence-electron chi connectivity index (χ0n) is 15.3. The number of fused-ring (bicyclic) bond motifs is 1. The highest BCUT2D eigenvalue weighted by molar-refractivity contribution is 5.99.